The quantitative estimate of drug-likeness (QED) is 0.599. The van der Waals surface area contributed by atoms with E-state index in [1.807, 2.05) is 30.3 Å². The highest BCUT2D eigenvalue weighted by molar-refractivity contribution is 9.09. The van der Waals surface area contributed by atoms with Crippen molar-refractivity contribution in [2.45, 2.75) is 12.8 Å². The Hall–Kier alpha value is -1.29. The van der Waals surface area contributed by atoms with Gasteiger partial charge in [-0.3, -0.25) is 0 Å². The summed E-state index contributed by atoms with van der Waals surface area (Å²) >= 11 is 3.40. The minimum absolute atomic E-state index is 0.719. The van der Waals surface area contributed by atoms with Gasteiger partial charge < -0.3 is 9.26 Å². The molecule has 90 valence electrons. The molecule has 2 aromatic rings. The standard InChI is InChI=1S/C13H14BrNO2/c14-8-3-4-10-16-12-6-2-1-5-11(12)13-7-9-15-17-13/h1-2,5-7,9H,3-4,8,10H2. The molecule has 0 unspecified atom stereocenters. The van der Waals surface area contributed by atoms with Crippen LogP contribution in [0.15, 0.2) is 41.1 Å². The van der Waals surface area contributed by atoms with Crippen molar-refractivity contribution in [2.24, 2.45) is 0 Å². The van der Waals surface area contributed by atoms with Crippen LogP contribution < -0.4 is 4.74 Å². The first-order chi connectivity index (χ1) is 8.42. The Morgan fingerprint density at radius 1 is 1.18 bits per heavy atom. The van der Waals surface area contributed by atoms with Crippen LogP contribution >= 0.6 is 15.9 Å². The highest BCUT2D eigenvalue weighted by Gasteiger charge is 2.08. The second-order valence-electron chi connectivity index (χ2n) is 3.62. The van der Waals surface area contributed by atoms with Crippen molar-refractivity contribution >= 4 is 15.9 Å². The molecular weight excluding hydrogens is 282 g/mol. The lowest BCUT2D eigenvalue weighted by atomic mass is 10.1. The number of ether oxygens (including phenoxy) is 1. The zero-order valence-electron chi connectivity index (χ0n) is 9.43. The zero-order valence-corrected chi connectivity index (χ0v) is 11.0. The van der Waals surface area contributed by atoms with Crippen molar-refractivity contribution in [1.29, 1.82) is 0 Å². The summed E-state index contributed by atoms with van der Waals surface area (Å²) < 4.78 is 10.9. The van der Waals surface area contributed by atoms with Crippen LogP contribution in [0.4, 0.5) is 0 Å². The summed E-state index contributed by atoms with van der Waals surface area (Å²) in [5, 5.41) is 4.73. The van der Waals surface area contributed by atoms with E-state index >= 15 is 0 Å². The lowest BCUT2D eigenvalue weighted by molar-refractivity contribution is 0.310. The highest BCUT2D eigenvalue weighted by Crippen LogP contribution is 2.29. The molecule has 0 bridgehead atoms. The third-order valence-corrected chi connectivity index (χ3v) is 2.94. The van der Waals surface area contributed by atoms with E-state index in [4.69, 9.17) is 9.26 Å². The summed E-state index contributed by atoms with van der Waals surface area (Å²) in [4.78, 5) is 0. The van der Waals surface area contributed by atoms with Crippen LogP contribution in [0.3, 0.4) is 0 Å². The number of hydrogen-bond donors (Lipinski definition) is 0. The van der Waals surface area contributed by atoms with Gasteiger partial charge in [0.2, 0.25) is 0 Å². The molecule has 0 saturated heterocycles. The second-order valence-corrected chi connectivity index (χ2v) is 4.41. The van der Waals surface area contributed by atoms with E-state index in [-0.39, 0.29) is 0 Å². The molecule has 1 aromatic heterocycles. The van der Waals surface area contributed by atoms with E-state index in [1.54, 1.807) is 6.20 Å². The van der Waals surface area contributed by atoms with E-state index in [1.165, 1.54) is 0 Å². The maximum Gasteiger partial charge on any atom is 0.170 e. The number of alkyl halides is 1. The summed E-state index contributed by atoms with van der Waals surface area (Å²) in [6.45, 7) is 0.719. The van der Waals surface area contributed by atoms with Gasteiger partial charge in [-0.25, -0.2) is 0 Å². The number of hydrogen-bond acceptors (Lipinski definition) is 3. The van der Waals surface area contributed by atoms with Gasteiger partial charge in [0.15, 0.2) is 5.76 Å². The molecule has 1 heterocycles. The van der Waals surface area contributed by atoms with Crippen LogP contribution in [-0.2, 0) is 0 Å². The number of nitrogens with zero attached hydrogens (tertiary/aromatic N) is 1. The molecule has 0 amide bonds. The third-order valence-electron chi connectivity index (χ3n) is 2.38. The molecule has 0 spiro atoms. The van der Waals surface area contributed by atoms with Crippen molar-refractivity contribution < 1.29 is 9.26 Å². The molecule has 0 atom stereocenters. The fourth-order valence-corrected chi connectivity index (χ4v) is 1.93. The number of aromatic nitrogens is 1. The van der Waals surface area contributed by atoms with Crippen molar-refractivity contribution in [3.8, 4) is 17.1 Å². The fraction of sp³-hybridized carbons (Fsp3) is 0.308. The predicted molar refractivity (Wildman–Crippen MR) is 70.5 cm³/mol. The molecule has 3 nitrogen and oxygen atoms in total. The summed E-state index contributed by atoms with van der Waals surface area (Å²) in [6.07, 6.45) is 3.79. The average Bonchev–Trinajstić information content (AvgIpc) is 2.89. The molecular formula is C13H14BrNO2. The molecule has 0 fully saturated rings. The molecule has 0 aliphatic carbocycles. The number of halogens is 1. The Morgan fingerprint density at radius 2 is 2.06 bits per heavy atom. The number of para-hydroxylation sites is 1. The van der Waals surface area contributed by atoms with Gasteiger partial charge in [-0.2, -0.15) is 0 Å². The SMILES string of the molecule is BrCCCCOc1ccccc1-c1ccno1. The van der Waals surface area contributed by atoms with Crippen molar-refractivity contribution in [3.63, 3.8) is 0 Å². The van der Waals surface area contributed by atoms with Crippen LogP contribution in [0.5, 0.6) is 5.75 Å². The van der Waals surface area contributed by atoms with Crippen LogP contribution in [0.2, 0.25) is 0 Å². The molecule has 0 aliphatic heterocycles. The van der Waals surface area contributed by atoms with E-state index in [2.05, 4.69) is 21.1 Å². The Bertz CT molecular complexity index is 442. The van der Waals surface area contributed by atoms with E-state index < -0.39 is 0 Å². The maximum absolute atomic E-state index is 5.75. The number of unbranched alkanes of at least 4 members (excludes halogenated alkanes) is 1. The van der Waals surface area contributed by atoms with E-state index in [9.17, 15) is 0 Å². The summed E-state index contributed by atoms with van der Waals surface area (Å²) in [5.74, 6) is 1.58. The Labute approximate surface area is 109 Å². The lowest BCUT2D eigenvalue weighted by Gasteiger charge is -2.08. The minimum Gasteiger partial charge on any atom is -0.493 e. The molecule has 0 N–H and O–H groups in total. The van der Waals surface area contributed by atoms with Crippen LogP contribution in [0.25, 0.3) is 11.3 Å². The van der Waals surface area contributed by atoms with Gasteiger partial charge in [0.25, 0.3) is 0 Å². The Balaban J connectivity index is 2.06. The van der Waals surface area contributed by atoms with Crippen LogP contribution in [-0.4, -0.2) is 17.1 Å². The molecule has 0 saturated carbocycles. The molecule has 4 heteroatoms. The van der Waals surface area contributed by atoms with Gasteiger partial charge in [0.05, 0.1) is 18.4 Å². The monoisotopic (exact) mass is 295 g/mol. The summed E-state index contributed by atoms with van der Waals surface area (Å²) in [6, 6.07) is 9.68. The lowest BCUT2D eigenvalue weighted by Crippen LogP contribution is -1.98. The van der Waals surface area contributed by atoms with Gasteiger partial charge in [-0.05, 0) is 25.0 Å². The smallest absolute Gasteiger partial charge is 0.170 e. The molecule has 2 rings (SSSR count). The van der Waals surface area contributed by atoms with Gasteiger partial charge in [-0.1, -0.05) is 33.2 Å². The Morgan fingerprint density at radius 3 is 2.82 bits per heavy atom. The maximum atomic E-state index is 5.75. The topological polar surface area (TPSA) is 35.3 Å². The van der Waals surface area contributed by atoms with Crippen molar-refractivity contribution in [2.75, 3.05) is 11.9 Å². The Kier molecular flexibility index (Phi) is 4.62. The molecule has 17 heavy (non-hydrogen) atoms. The van der Waals surface area contributed by atoms with Gasteiger partial charge >= 0.3 is 0 Å². The predicted octanol–water partition coefficient (Wildman–Crippen LogP) is 3.90. The summed E-state index contributed by atoms with van der Waals surface area (Å²) in [5.41, 5.74) is 0.948. The number of benzene rings is 1. The van der Waals surface area contributed by atoms with Crippen LogP contribution in [0.1, 0.15) is 12.8 Å². The minimum atomic E-state index is 0.719. The largest absolute Gasteiger partial charge is 0.493 e. The average molecular weight is 296 g/mol. The first kappa shape index (κ1) is 12.2. The van der Waals surface area contributed by atoms with Crippen LogP contribution in [0, 0.1) is 0 Å². The van der Waals surface area contributed by atoms with Gasteiger partial charge in [0.1, 0.15) is 5.75 Å². The highest BCUT2D eigenvalue weighted by atomic mass is 79.9. The molecule has 0 aliphatic rings. The summed E-state index contributed by atoms with van der Waals surface area (Å²) in [7, 11) is 0. The zero-order chi connectivity index (χ0) is 11.9. The normalized spacial score (nSPS) is 10.4. The number of rotatable bonds is 6. The first-order valence-corrected chi connectivity index (χ1v) is 6.73. The third kappa shape index (κ3) is 3.33. The van der Waals surface area contributed by atoms with Crippen molar-refractivity contribution in [1.82, 2.24) is 5.16 Å². The molecule has 1 aromatic carbocycles. The second kappa shape index (κ2) is 6.45. The van der Waals surface area contributed by atoms with E-state index in [0.29, 0.717) is 0 Å². The van der Waals surface area contributed by atoms with E-state index in [0.717, 1.165) is 41.9 Å². The fourth-order valence-electron chi connectivity index (χ4n) is 1.53. The first-order valence-electron chi connectivity index (χ1n) is 5.60. The van der Waals surface area contributed by atoms with Crippen molar-refractivity contribution in [3.05, 3.63) is 36.5 Å². The van der Waals surface area contributed by atoms with Gasteiger partial charge in [0, 0.05) is 11.4 Å². The molecule has 0 radical (unpaired) electrons. The van der Waals surface area contributed by atoms with Gasteiger partial charge in [-0.15, -0.1) is 0 Å².